The zero-order valence-electron chi connectivity index (χ0n) is 12.4. The van der Waals surface area contributed by atoms with Crippen molar-refractivity contribution >= 4 is 22.7 Å². The van der Waals surface area contributed by atoms with E-state index in [1.807, 2.05) is 31.2 Å². The van der Waals surface area contributed by atoms with Crippen LogP contribution in [-0.4, -0.2) is 10.5 Å². The van der Waals surface area contributed by atoms with Crippen molar-refractivity contribution in [3.05, 3.63) is 64.6 Å². The van der Waals surface area contributed by atoms with E-state index < -0.39 is 11.8 Å². The van der Waals surface area contributed by atoms with Crippen LogP contribution in [0.15, 0.2) is 57.7 Å². The molecule has 0 unspecified atom stereocenters. The first-order valence-electron chi connectivity index (χ1n) is 7.04. The number of carbonyl (C=O) groups excluding carboxylic acids is 1. The Balaban J connectivity index is 1.90. The molecule has 0 radical (unpaired) electrons. The lowest BCUT2D eigenvalue weighted by Crippen LogP contribution is -2.29. The molecule has 3 rings (SSSR count). The second-order valence-corrected chi connectivity index (χ2v) is 5.24. The van der Waals surface area contributed by atoms with Crippen molar-refractivity contribution in [3.8, 4) is 0 Å². The molecule has 5 nitrogen and oxygen atoms in total. The van der Waals surface area contributed by atoms with Gasteiger partial charge in [0.2, 0.25) is 5.91 Å². The van der Waals surface area contributed by atoms with Gasteiger partial charge in [0.05, 0.1) is 5.52 Å². The molecule has 0 aliphatic carbocycles. The summed E-state index contributed by atoms with van der Waals surface area (Å²) < 4.78 is 6.52. The number of aromatic nitrogens is 1. The summed E-state index contributed by atoms with van der Waals surface area (Å²) in [5, 5.41) is 2.81. The van der Waals surface area contributed by atoms with Crippen LogP contribution in [0, 0.1) is 6.92 Å². The maximum absolute atomic E-state index is 12.4. The average molecular weight is 296 g/mol. The highest BCUT2D eigenvalue weighted by Gasteiger charge is 2.21. The van der Waals surface area contributed by atoms with E-state index in [1.54, 1.807) is 31.2 Å². The molecule has 1 atom stereocenters. The van der Waals surface area contributed by atoms with Crippen LogP contribution < -0.4 is 11.1 Å². The highest BCUT2D eigenvalue weighted by Crippen LogP contribution is 2.18. The van der Waals surface area contributed by atoms with E-state index in [4.69, 9.17) is 4.42 Å². The summed E-state index contributed by atoms with van der Waals surface area (Å²) in [6, 6.07) is 13.9. The van der Waals surface area contributed by atoms with E-state index in [0.717, 1.165) is 5.56 Å². The first-order chi connectivity index (χ1) is 10.6. The second-order valence-electron chi connectivity index (χ2n) is 5.24. The molecule has 112 valence electrons. The summed E-state index contributed by atoms with van der Waals surface area (Å²) in [6.07, 6.45) is 0. The highest BCUT2D eigenvalue weighted by molar-refractivity contribution is 5.94. The van der Waals surface area contributed by atoms with Gasteiger partial charge in [-0.2, -0.15) is 0 Å². The summed E-state index contributed by atoms with van der Waals surface area (Å²) in [6.45, 7) is 3.65. The lowest BCUT2D eigenvalue weighted by Gasteiger charge is -2.13. The number of para-hydroxylation sites is 2. The molecule has 2 aromatic carbocycles. The zero-order valence-corrected chi connectivity index (χ0v) is 12.4. The summed E-state index contributed by atoms with van der Waals surface area (Å²) in [7, 11) is 0. The number of nitrogens with zero attached hydrogens (tertiary/aromatic N) is 1. The Bertz CT molecular complexity index is 875. The molecule has 0 fully saturated rings. The van der Waals surface area contributed by atoms with Crippen LogP contribution in [0.4, 0.5) is 5.69 Å². The van der Waals surface area contributed by atoms with Gasteiger partial charge < -0.3 is 9.73 Å². The van der Waals surface area contributed by atoms with Crippen LogP contribution in [-0.2, 0) is 4.79 Å². The van der Waals surface area contributed by atoms with Crippen molar-refractivity contribution in [1.82, 2.24) is 4.57 Å². The third-order valence-electron chi connectivity index (χ3n) is 3.60. The summed E-state index contributed by atoms with van der Waals surface area (Å²) in [4.78, 5) is 24.4. The molecule has 22 heavy (non-hydrogen) atoms. The van der Waals surface area contributed by atoms with Crippen molar-refractivity contribution in [2.24, 2.45) is 0 Å². The fourth-order valence-electron chi connectivity index (χ4n) is 2.35. The first kappa shape index (κ1) is 14.1. The Labute approximate surface area is 127 Å². The second kappa shape index (κ2) is 5.52. The molecule has 0 saturated heterocycles. The van der Waals surface area contributed by atoms with E-state index in [9.17, 15) is 9.59 Å². The lowest BCUT2D eigenvalue weighted by molar-refractivity contribution is -0.118. The van der Waals surface area contributed by atoms with Gasteiger partial charge in [-0.15, -0.1) is 0 Å². The van der Waals surface area contributed by atoms with Gasteiger partial charge in [0, 0.05) is 5.69 Å². The van der Waals surface area contributed by atoms with E-state index >= 15 is 0 Å². The zero-order chi connectivity index (χ0) is 15.7. The molecule has 0 saturated carbocycles. The summed E-state index contributed by atoms with van der Waals surface area (Å²) in [5.41, 5.74) is 2.90. The molecule has 1 N–H and O–H groups in total. The molecule has 0 aliphatic heterocycles. The van der Waals surface area contributed by atoms with Crippen molar-refractivity contribution in [1.29, 1.82) is 0 Å². The Kier molecular flexibility index (Phi) is 3.55. The lowest BCUT2D eigenvalue weighted by atomic mass is 10.2. The molecule has 3 aromatic rings. The molecule has 1 amide bonds. The largest absolute Gasteiger partial charge is 0.420 e. The van der Waals surface area contributed by atoms with Gasteiger partial charge in [-0.3, -0.25) is 9.36 Å². The monoisotopic (exact) mass is 296 g/mol. The number of aryl methyl sites for hydroxylation is 1. The van der Waals surface area contributed by atoms with E-state index in [0.29, 0.717) is 16.8 Å². The maximum atomic E-state index is 12.4. The van der Waals surface area contributed by atoms with Crippen LogP contribution in [0.1, 0.15) is 18.5 Å². The quantitative estimate of drug-likeness (QED) is 0.807. The SMILES string of the molecule is Cc1ccc(NC(=O)[C@@H](C)n2c(=O)oc3ccccc32)cc1. The van der Waals surface area contributed by atoms with Crippen LogP contribution in [0.3, 0.4) is 0 Å². The van der Waals surface area contributed by atoms with Gasteiger partial charge in [0.1, 0.15) is 6.04 Å². The number of nitrogens with one attached hydrogen (secondary N) is 1. The van der Waals surface area contributed by atoms with Crippen LogP contribution >= 0.6 is 0 Å². The van der Waals surface area contributed by atoms with Gasteiger partial charge >= 0.3 is 5.76 Å². The third kappa shape index (κ3) is 2.53. The minimum atomic E-state index is -0.669. The standard InChI is InChI=1S/C17H16N2O3/c1-11-7-9-13(10-8-11)18-16(20)12(2)19-14-5-3-4-6-15(14)22-17(19)21/h3-10,12H,1-2H3,(H,18,20)/t12-/m1/s1. The Hall–Kier alpha value is -2.82. The number of carbonyl (C=O) groups is 1. The topological polar surface area (TPSA) is 64.2 Å². The van der Waals surface area contributed by atoms with E-state index in [-0.39, 0.29) is 5.91 Å². The number of oxazole rings is 1. The first-order valence-corrected chi connectivity index (χ1v) is 7.04. The normalized spacial score (nSPS) is 12.3. The molecular formula is C17H16N2O3. The van der Waals surface area contributed by atoms with Crippen molar-refractivity contribution in [2.75, 3.05) is 5.32 Å². The van der Waals surface area contributed by atoms with Crippen LogP contribution in [0.25, 0.3) is 11.1 Å². The number of rotatable bonds is 3. The summed E-state index contributed by atoms with van der Waals surface area (Å²) >= 11 is 0. The molecule has 1 heterocycles. The molecule has 0 aliphatic rings. The van der Waals surface area contributed by atoms with Gasteiger partial charge in [0.15, 0.2) is 5.58 Å². The maximum Gasteiger partial charge on any atom is 0.420 e. The van der Waals surface area contributed by atoms with Crippen LogP contribution in [0.2, 0.25) is 0 Å². The van der Waals surface area contributed by atoms with Gasteiger partial charge in [-0.1, -0.05) is 29.8 Å². The fourth-order valence-corrected chi connectivity index (χ4v) is 2.35. The number of anilines is 1. The number of benzene rings is 2. The van der Waals surface area contributed by atoms with Gasteiger partial charge in [0.25, 0.3) is 0 Å². The minimum Gasteiger partial charge on any atom is -0.408 e. The predicted octanol–water partition coefficient (Wildman–Crippen LogP) is 3.10. The Morgan fingerprint density at radius 3 is 2.55 bits per heavy atom. The van der Waals surface area contributed by atoms with E-state index in [1.165, 1.54) is 4.57 Å². The van der Waals surface area contributed by atoms with Gasteiger partial charge in [-0.05, 0) is 38.1 Å². The smallest absolute Gasteiger partial charge is 0.408 e. The van der Waals surface area contributed by atoms with Crippen LogP contribution in [0.5, 0.6) is 0 Å². The molecular weight excluding hydrogens is 280 g/mol. The Morgan fingerprint density at radius 2 is 1.82 bits per heavy atom. The molecule has 0 spiro atoms. The summed E-state index contributed by atoms with van der Waals surface area (Å²) in [5.74, 6) is -0.801. The fraction of sp³-hybridized carbons (Fsp3) is 0.176. The van der Waals surface area contributed by atoms with Gasteiger partial charge in [-0.25, -0.2) is 4.79 Å². The minimum absolute atomic E-state index is 0.266. The molecule has 0 bridgehead atoms. The van der Waals surface area contributed by atoms with Crippen molar-refractivity contribution in [2.45, 2.75) is 19.9 Å². The predicted molar refractivity (Wildman–Crippen MR) is 85.0 cm³/mol. The number of amides is 1. The molecule has 5 heteroatoms. The third-order valence-corrected chi connectivity index (χ3v) is 3.60. The van der Waals surface area contributed by atoms with E-state index in [2.05, 4.69) is 5.32 Å². The molecule has 1 aromatic heterocycles. The van der Waals surface area contributed by atoms with Crippen molar-refractivity contribution in [3.63, 3.8) is 0 Å². The average Bonchev–Trinajstić information content (AvgIpc) is 2.84. The number of hydrogen-bond donors (Lipinski definition) is 1. The number of hydrogen-bond acceptors (Lipinski definition) is 3. The highest BCUT2D eigenvalue weighted by atomic mass is 16.4. The van der Waals surface area contributed by atoms with Crippen molar-refractivity contribution < 1.29 is 9.21 Å². The number of fused-ring (bicyclic) bond motifs is 1. The Morgan fingerprint density at radius 1 is 1.14 bits per heavy atom.